The molecule has 3 rings (SSSR count). The second kappa shape index (κ2) is 7.90. The summed E-state index contributed by atoms with van der Waals surface area (Å²) in [7, 11) is 3.85. The topological polar surface area (TPSA) is 79.0 Å². The fourth-order valence-corrected chi connectivity index (χ4v) is 2.81. The maximum absolute atomic E-state index is 12.7. The van der Waals surface area contributed by atoms with Gasteiger partial charge in [-0.05, 0) is 29.8 Å². The predicted molar refractivity (Wildman–Crippen MR) is 100 cm³/mol. The molecule has 1 saturated heterocycles. The highest BCUT2D eigenvalue weighted by Gasteiger charge is 2.33. The Morgan fingerprint density at radius 3 is 2.33 bits per heavy atom. The second-order valence-electron chi connectivity index (χ2n) is 6.44. The van der Waals surface area contributed by atoms with Crippen molar-refractivity contribution in [1.29, 1.82) is 0 Å². The van der Waals surface area contributed by atoms with Gasteiger partial charge in [0, 0.05) is 25.3 Å². The zero-order valence-electron chi connectivity index (χ0n) is 15.2. The summed E-state index contributed by atoms with van der Waals surface area (Å²) < 4.78 is 4.76. The molecule has 2 aromatic rings. The lowest BCUT2D eigenvalue weighted by Gasteiger charge is -2.23. The number of benzene rings is 2. The van der Waals surface area contributed by atoms with Crippen molar-refractivity contribution in [3.8, 4) is 0 Å². The van der Waals surface area contributed by atoms with E-state index >= 15 is 0 Å². The number of rotatable bonds is 6. The minimum Gasteiger partial charge on any atom is -0.439 e. The van der Waals surface area contributed by atoms with Crippen LogP contribution < -0.4 is 10.2 Å². The third kappa shape index (κ3) is 4.25. The molecule has 1 N–H and O–H groups in total. The average Bonchev–Trinajstić information content (AvgIpc) is 3.00. The Morgan fingerprint density at radius 1 is 1.11 bits per heavy atom. The number of hydrogen-bond acceptors (Lipinski definition) is 5. The standard InChI is InChI=1S/C20H21N3O4/c1-22(2)16-10-8-15(9-11-16)19(25)21-17(14-6-4-3-5-7-14)12-23-18(24)13-27-20(23)26/h3-11,17H,12-13H2,1-2H3,(H,21,25). The van der Waals surface area contributed by atoms with E-state index in [1.165, 1.54) is 0 Å². The number of amides is 3. The Bertz CT molecular complexity index is 818. The van der Waals surface area contributed by atoms with Crippen molar-refractivity contribution < 1.29 is 19.1 Å². The zero-order chi connectivity index (χ0) is 19.4. The van der Waals surface area contributed by atoms with Gasteiger partial charge in [0.2, 0.25) is 0 Å². The van der Waals surface area contributed by atoms with Gasteiger partial charge in [0.15, 0.2) is 6.61 Å². The zero-order valence-corrected chi connectivity index (χ0v) is 15.2. The Morgan fingerprint density at radius 2 is 1.78 bits per heavy atom. The van der Waals surface area contributed by atoms with Gasteiger partial charge in [-0.15, -0.1) is 0 Å². The van der Waals surface area contributed by atoms with Gasteiger partial charge in [0.05, 0.1) is 12.6 Å². The van der Waals surface area contributed by atoms with Crippen LogP contribution >= 0.6 is 0 Å². The molecule has 140 valence electrons. The van der Waals surface area contributed by atoms with E-state index in [1.54, 1.807) is 12.1 Å². The summed E-state index contributed by atoms with van der Waals surface area (Å²) in [6.07, 6.45) is -0.689. The van der Waals surface area contributed by atoms with Crippen molar-refractivity contribution in [3.05, 3.63) is 65.7 Å². The van der Waals surface area contributed by atoms with E-state index in [0.29, 0.717) is 5.56 Å². The van der Waals surface area contributed by atoms with Crippen LogP contribution in [0.3, 0.4) is 0 Å². The molecule has 1 fully saturated rings. The lowest BCUT2D eigenvalue weighted by molar-refractivity contribution is -0.126. The Labute approximate surface area is 157 Å². The quantitative estimate of drug-likeness (QED) is 0.847. The van der Waals surface area contributed by atoms with Gasteiger partial charge < -0.3 is 15.0 Å². The monoisotopic (exact) mass is 367 g/mol. The van der Waals surface area contributed by atoms with Gasteiger partial charge in [-0.1, -0.05) is 30.3 Å². The van der Waals surface area contributed by atoms with Crippen LogP contribution in [-0.4, -0.2) is 50.1 Å². The Balaban J connectivity index is 1.79. The van der Waals surface area contributed by atoms with Crippen LogP contribution in [0.1, 0.15) is 22.0 Å². The first-order chi connectivity index (χ1) is 13.0. The number of imide groups is 1. The maximum atomic E-state index is 12.7. The molecule has 27 heavy (non-hydrogen) atoms. The molecule has 2 aromatic carbocycles. The number of carbonyl (C=O) groups excluding carboxylic acids is 3. The summed E-state index contributed by atoms with van der Waals surface area (Å²) >= 11 is 0. The molecule has 7 heteroatoms. The average molecular weight is 367 g/mol. The Kier molecular flexibility index (Phi) is 5.40. The van der Waals surface area contributed by atoms with E-state index in [-0.39, 0.29) is 19.1 Å². The number of ether oxygens (including phenoxy) is 1. The lowest BCUT2D eigenvalue weighted by atomic mass is 10.1. The predicted octanol–water partition coefficient (Wildman–Crippen LogP) is 2.20. The van der Waals surface area contributed by atoms with Crippen molar-refractivity contribution in [1.82, 2.24) is 10.2 Å². The first-order valence-corrected chi connectivity index (χ1v) is 8.56. The van der Waals surface area contributed by atoms with Crippen LogP contribution in [0.5, 0.6) is 0 Å². The van der Waals surface area contributed by atoms with Crippen LogP contribution in [0.4, 0.5) is 10.5 Å². The molecule has 1 aliphatic rings. The van der Waals surface area contributed by atoms with Crippen LogP contribution in [-0.2, 0) is 9.53 Å². The van der Waals surface area contributed by atoms with Gasteiger partial charge in [-0.25, -0.2) is 9.69 Å². The van der Waals surface area contributed by atoms with Crippen molar-refractivity contribution in [2.45, 2.75) is 6.04 Å². The molecule has 0 aromatic heterocycles. The normalized spacial score (nSPS) is 14.7. The third-order valence-corrected chi connectivity index (χ3v) is 4.36. The highest BCUT2D eigenvalue weighted by molar-refractivity contribution is 5.98. The lowest BCUT2D eigenvalue weighted by Crippen LogP contribution is -2.40. The molecule has 0 spiro atoms. The van der Waals surface area contributed by atoms with Crippen LogP contribution in [0.15, 0.2) is 54.6 Å². The van der Waals surface area contributed by atoms with E-state index < -0.39 is 18.0 Å². The van der Waals surface area contributed by atoms with Crippen molar-refractivity contribution in [2.75, 3.05) is 32.1 Å². The number of cyclic esters (lactones) is 1. The van der Waals surface area contributed by atoms with E-state index in [2.05, 4.69) is 5.32 Å². The maximum Gasteiger partial charge on any atom is 0.417 e. The minimum atomic E-state index is -0.689. The first-order valence-electron chi connectivity index (χ1n) is 8.56. The molecule has 0 bridgehead atoms. The summed E-state index contributed by atoms with van der Waals surface area (Å²) in [4.78, 5) is 39.3. The molecule has 7 nitrogen and oxygen atoms in total. The largest absolute Gasteiger partial charge is 0.439 e. The number of carbonyl (C=O) groups is 3. The molecule has 1 unspecified atom stereocenters. The van der Waals surface area contributed by atoms with Gasteiger partial charge in [0.1, 0.15) is 0 Å². The number of nitrogens with zero attached hydrogens (tertiary/aromatic N) is 2. The SMILES string of the molecule is CN(C)c1ccc(C(=O)NC(CN2C(=O)COC2=O)c2ccccc2)cc1. The smallest absolute Gasteiger partial charge is 0.417 e. The van der Waals surface area contributed by atoms with Crippen molar-refractivity contribution >= 4 is 23.6 Å². The third-order valence-electron chi connectivity index (χ3n) is 4.36. The molecule has 1 aliphatic heterocycles. The molecule has 0 radical (unpaired) electrons. The molecule has 0 aliphatic carbocycles. The second-order valence-corrected chi connectivity index (χ2v) is 6.44. The number of anilines is 1. The number of nitrogens with one attached hydrogen (secondary N) is 1. The molecule has 0 saturated carbocycles. The Hall–Kier alpha value is -3.35. The fraction of sp³-hybridized carbons (Fsp3) is 0.250. The number of hydrogen-bond donors (Lipinski definition) is 1. The van der Waals surface area contributed by atoms with Crippen molar-refractivity contribution in [3.63, 3.8) is 0 Å². The summed E-state index contributed by atoms with van der Waals surface area (Å²) in [5.74, 6) is -0.695. The van der Waals surface area contributed by atoms with Gasteiger partial charge in [-0.2, -0.15) is 0 Å². The summed E-state index contributed by atoms with van der Waals surface area (Å²) in [6.45, 7) is -0.247. The molecule has 3 amide bonds. The molecular formula is C20H21N3O4. The van der Waals surface area contributed by atoms with E-state index in [9.17, 15) is 14.4 Å². The van der Waals surface area contributed by atoms with E-state index in [0.717, 1.165) is 16.2 Å². The van der Waals surface area contributed by atoms with Gasteiger partial charge in [0.25, 0.3) is 11.8 Å². The fourth-order valence-electron chi connectivity index (χ4n) is 2.81. The van der Waals surface area contributed by atoms with Crippen LogP contribution in [0.2, 0.25) is 0 Å². The minimum absolute atomic E-state index is 0.0171. The first kappa shape index (κ1) is 18.4. The summed E-state index contributed by atoms with van der Waals surface area (Å²) in [6, 6.07) is 15.9. The van der Waals surface area contributed by atoms with Gasteiger partial charge in [-0.3, -0.25) is 9.59 Å². The highest BCUT2D eigenvalue weighted by atomic mass is 16.6. The van der Waals surface area contributed by atoms with Gasteiger partial charge >= 0.3 is 6.09 Å². The van der Waals surface area contributed by atoms with E-state index in [4.69, 9.17) is 4.74 Å². The summed E-state index contributed by atoms with van der Waals surface area (Å²) in [5.41, 5.74) is 2.27. The van der Waals surface area contributed by atoms with Crippen molar-refractivity contribution in [2.24, 2.45) is 0 Å². The van der Waals surface area contributed by atoms with Crippen LogP contribution in [0.25, 0.3) is 0 Å². The van der Waals surface area contributed by atoms with E-state index in [1.807, 2.05) is 61.5 Å². The summed E-state index contributed by atoms with van der Waals surface area (Å²) in [5, 5.41) is 2.91. The van der Waals surface area contributed by atoms with Crippen LogP contribution in [0, 0.1) is 0 Å². The molecular weight excluding hydrogens is 346 g/mol. The molecule has 1 atom stereocenters. The molecule has 1 heterocycles. The highest BCUT2D eigenvalue weighted by Crippen LogP contribution is 2.19.